The Hall–Kier alpha value is -0.0800. The molecule has 0 spiro atoms. The zero-order valence-electron chi connectivity index (χ0n) is 12.8. The van der Waals surface area contributed by atoms with E-state index in [2.05, 4.69) is 19.2 Å². The van der Waals surface area contributed by atoms with E-state index in [0.717, 1.165) is 0 Å². The van der Waals surface area contributed by atoms with Gasteiger partial charge in [-0.15, -0.1) is 0 Å². The molecule has 0 aromatic carbocycles. The van der Waals surface area contributed by atoms with Crippen LogP contribution >= 0.6 is 0 Å². The fraction of sp³-hybridized carbons (Fsp3) is 1.00. The summed E-state index contributed by atoms with van der Waals surface area (Å²) >= 11 is 0. The Balaban J connectivity index is 3.05. The largest absolute Gasteiger partial charge is 0.328 e. The van der Waals surface area contributed by atoms with Gasteiger partial charge in [0.1, 0.15) is 0 Å². The quantitative estimate of drug-likeness (QED) is 0.456. The maximum absolute atomic E-state index is 6.09. The Bertz CT molecular complexity index is 148. The number of rotatable bonds is 14. The van der Waals surface area contributed by atoms with Gasteiger partial charge < -0.3 is 11.1 Å². The lowest BCUT2D eigenvalue weighted by Gasteiger charge is -2.11. The zero-order chi connectivity index (χ0) is 13.5. The Morgan fingerprint density at radius 1 is 0.722 bits per heavy atom. The van der Waals surface area contributed by atoms with Crippen LogP contribution in [0.5, 0.6) is 0 Å². The van der Waals surface area contributed by atoms with Crippen molar-refractivity contribution in [2.75, 3.05) is 13.1 Å². The minimum absolute atomic E-state index is 0.453. The Kier molecular flexibility index (Phi) is 14.9. The summed E-state index contributed by atoms with van der Waals surface area (Å²) in [6.45, 7) is 6.89. The number of hydrogen-bond donors (Lipinski definition) is 2. The predicted octanol–water partition coefficient (Wildman–Crippen LogP) is 4.23. The fourth-order valence-corrected chi connectivity index (χ4v) is 2.26. The highest BCUT2D eigenvalue weighted by Crippen LogP contribution is 2.08. The van der Waals surface area contributed by atoms with Crippen molar-refractivity contribution >= 4 is 0 Å². The van der Waals surface area contributed by atoms with Crippen LogP contribution in [0.3, 0.4) is 0 Å². The van der Waals surface area contributed by atoms with Crippen molar-refractivity contribution in [1.29, 1.82) is 0 Å². The second-order valence-corrected chi connectivity index (χ2v) is 5.56. The van der Waals surface area contributed by atoms with Crippen molar-refractivity contribution in [2.24, 2.45) is 5.73 Å². The van der Waals surface area contributed by atoms with Crippen LogP contribution < -0.4 is 11.1 Å². The Labute approximate surface area is 115 Å². The second-order valence-electron chi connectivity index (χ2n) is 5.56. The summed E-state index contributed by atoms with van der Waals surface area (Å²) in [5.74, 6) is 0. The van der Waals surface area contributed by atoms with Crippen LogP contribution in [0.25, 0.3) is 0 Å². The highest BCUT2D eigenvalue weighted by Gasteiger charge is 2.01. The molecule has 0 aromatic rings. The van der Waals surface area contributed by atoms with Crippen molar-refractivity contribution in [3.63, 3.8) is 0 Å². The third-order valence-corrected chi connectivity index (χ3v) is 3.56. The maximum Gasteiger partial charge on any atom is 0.00388 e. The van der Waals surface area contributed by atoms with Gasteiger partial charge in [0.05, 0.1) is 0 Å². The number of unbranched alkanes of at least 4 members (excludes halogenated alkanes) is 6. The summed E-state index contributed by atoms with van der Waals surface area (Å²) in [6.07, 6.45) is 14.4. The second kappa shape index (κ2) is 15.0. The van der Waals surface area contributed by atoms with E-state index in [9.17, 15) is 0 Å². The van der Waals surface area contributed by atoms with Gasteiger partial charge in [0.25, 0.3) is 0 Å². The van der Waals surface area contributed by atoms with Crippen molar-refractivity contribution in [1.82, 2.24) is 5.32 Å². The molecule has 0 aliphatic heterocycles. The molecule has 3 N–H and O–H groups in total. The molecule has 0 fully saturated rings. The van der Waals surface area contributed by atoms with E-state index in [4.69, 9.17) is 5.73 Å². The van der Waals surface area contributed by atoms with Crippen molar-refractivity contribution < 1.29 is 0 Å². The molecule has 0 aliphatic rings. The highest BCUT2D eigenvalue weighted by molar-refractivity contribution is 4.61. The molecule has 0 aromatic heterocycles. The van der Waals surface area contributed by atoms with E-state index >= 15 is 0 Å². The summed E-state index contributed by atoms with van der Waals surface area (Å²) < 4.78 is 0. The zero-order valence-corrected chi connectivity index (χ0v) is 12.8. The normalized spacial score (nSPS) is 12.8. The van der Waals surface area contributed by atoms with Gasteiger partial charge in [-0.25, -0.2) is 0 Å². The number of hydrogen-bond acceptors (Lipinski definition) is 2. The van der Waals surface area contributed by atoms with Crippen molar-refractivity contribution in [3.8, 4) is 0 Å². The highest BCUT2D eigenvalue weighted by atomic mass is 14.8. The molecular weight excluding hydrogens is 220 g/mol. The van der Waals surface area contributed by atoms with Gasteiger partial charge in [-0.3, -0.25) is 0 Å². The molecule has 0 radical (unpaired) electrons. The van der Waals surface area contributed by atoms with E-state index in [0.29, 0.717) is 6.04 Å². The van der Waals surface area contributed by atoms with E-state index in [1.54, 1.807) is 0 Å². The first-order valence-corrected chi connectivity index (χ1v) is 8.27. The first-order valence-electron chi connectivity index (χ1n) is 8.27. The lowest BCUT2D eigenvalue weighted by atomic mass is 10.0. The molecule has 0 aliphatic carbocycles. The summed E-state index contributed by atoms with van der Waals surface area (Å²) in [5.41, 5.74) is 6.09. The number of nitrogens with one attached hydrogen (secondary N) is 1. The van der Waals surface area contributed by atoms with Gasteiger partial charge in [0.2, 0.25) is 0 Å². The van der Waals surface area contributed by atoms with Crippen molar-refractivity contribution in [2.45, 2.75) is 90.5 Å². The predicted molar refractivity (Wildman–Crippen MR) is 83.0 cm³/mol. The minimum atomic E-state index is 0.453. The SMILES string of the molecule is CCCCCNCCCCCC(N)CCCCC. The van der Waals surface area contributed by atoms with E-state index in [1.807, 2.05) is 0 Å². The lowest BCUT2D eigenvalue weighted by molar-refractivity contribution is 0.492. The van der Waals surface area contributed by atoms with E-state index in [1.165, 1.54) is 83.7 Å². The average Bonchev–Trinajstić information content (AvgIpc) is 2.37. The van der Waals surface area contributed by atoms with Crippen LogP contribution in [0.15, 0.2) is 0 Å². The van der Waals surface area contributed by atoms with E-state index in [-0.39, 0.29) is 0 Å². The van der Waals surface area contributed by atoms with Gasteiger partial charge in [0, 0.05) is 6.04 Å². The average molecular weight is 256 g/mol. The monoisotopic (exact) mass is 256 g/mol. The van der Waals surface area contributed by atoms with Crippen LogP contribution in [0.1, 0.15) is 84.5 Å². The molecule has 2 nitrogen and oxygen atoms in total. The standard InChI is InChI=1S/C16H36N2/c1-3-5-8-12-16(17)13-9-7-11-15-18-14-10-6-4-2/h16,18H,3-15,17H2,1-2H3. The summed E-state index contributed by atoms with van der Waals surface area (Å²) in [7, 11) is 0. The molecule has 110 valence electrons. The van der Waals surface area contributed by atoms with Crippen LogP contribution in [0.4, 0.5) is 0 Å². The first kappa shape index (κ1) is 17.9. The molecule has 0 saturated heterocycles. The molecule has 1 unspecified atom stereocenters. The smallest absolute Gasteiger partial charge is 0.00388 e. The van der Waals surface area contributed by atoms with Crippen LogP contribution in [0.2, 0.25) is 0 Å². The molecule has 0 bridgehead atoms. The van der Waals surface area contributed by atoms with Gasteiger partial charge in [0.15, 0.2) is 0 Å². The Morgan fingerprint density at radius 2 is 1.22 bits per heavy atom. The van der Waals surface area contributed by atoms with Gasteiger partial charge in [-0.05, 0) is 38.8 Å². The van der Waals surface area contributed by atoms with Crippen LogP contribution in [-0.4, -0.2) is 19.1 Å². The molecule has 18 heavy (non-hydrogen) atoms. The fourth-order valence-electron chi connectivity index (χ4n) is 2.26. The third-order valence-electron chi connectivity index (χ3n) is 3.56. The third kappa shape index (κ3) is 14.0. The van der Waals surface area contributed by atoms with Crippen LogP contribution in [-0.2, 0) is 0 Å². The Morgan fingerprint density at radius 3 is 1.83 bits per heavy atom. The lowest BCUT2D eigenvalue weighted by Crippen LogP contribution is -2.20. The van der Waals surface area contributed by atoms with Crippen LogP contribution in [0, 0.1) is 0 Å². The summed E-state index contributed by atoms with van der Waals surface area (Å²) in [4.78, 5) is 0. The number of nitrogens with two attached hydrogens (primary N) is 1. The molecule has 0 amide bonds. The molecule has 0 rings (SSSR count). The van der Waals surface area contributed by atoms with Crippen molar-refractivity contribution in [3.05, 3.63) is 0 Å². The van der Waals surface area contributed by atoms with E-state index < -0.39 is 0 Å². The molecule has 1 atom stereocenters. The minimum Gasteiger partial charge on any atom is -0.328 e. The van der Waals surface area contributed by atoms with Gasteiger partial charge in [-0.2, -0.15) is 0 Å². The first-order chi connectivity index (χ1) is 8.81. The topological polar surface area (TPSA) is 38.0 Å². The summed E-state index contributed by atoms with van der Waals surface area (Å²) in [6, 6.07) is 0.453. The molecular formula is C16H36N2. The molecule has 0 heterocycles. The maximum atomic E-state index is 6.09. The van der Waals surface area contributed by atoms with Gasteiger partial charge >= 0.3 is 0 Å². The molecule has 2 heteroatoms. The van der Waals surface area contributed by atoms with Gasteiger partial charge in [-0.1, -0.05) is 58.8 Å². The summed E-state index contributed by atoms with van der Waals surface area (Å²) in [5, 5.41) is 3.52. The molecule has 0 saturated carbocycles.